The van der Waals surface area contributed by atoms with Gasteiger partial charge in [0, 0.05) is 12.6 Å². The van der Waals surface area contributed by atoms with Crippen molar-refractivity contribution in [1.82, 2.24) is 10.2 Å². The first-order valence-electron chi connectivity index (χ1n) is 6.86. The summed E-state index contributed by atoms with van der Waals surface area (Å²) < 4.78 is 0. The van der Waals surface area contributed by atoms with Crippen LogP contribution in [-0.4, -0.2) is 48.8 Å². The van der Waals surface area contributed by atoms with Crippen molar-refractivity contribution in [3.05, 3.63) is 0 Å². The summed E-state index contributed by atoms with van der Waals surface area (Å²) in [6.45, 7) is 9.17. The van der Waals surface area contributed by atoms with Gasteiger partial charge in [0.15, 0.2) is 0 Å². The van der Waals surface area contributed by atoms with Gasteiger partial charge in [-0.2, -0.15) is 0 Å². The average Bonchev–Trinajstić information content (AvgIpc) is 2.33. The lowest BCUT2D eigenvalue weighted by atomic mass is 9.96. The molecule has 2 N–H and O–H groups in total. The highest BCUT2D eigenvalue weighted by molar-refractivity contribution is 4.75. The van der Waals surface area contributed by atoms with E-state index in [1.807, 2.05) is 0 Å². The first-order chi connectivity index (χ1) is 7.80. The molecule has 0 bridgehead atoms. The van der Waals surface area contributed by atoms with E-state index in [1.165, 1.54) is 32.2 Å². The van der Waals surface area contributed by atoms with E-state index in [9.17, 15) is 0 Å². The number of β-amino-alcohol motifs (C(OH)–C–C–N with tert-alkyl or cyclic N) is 1. The Morgan fingerprint density at radius 3 is 2.38 bits per heavy atom. The fourth-order valence-electron chi connectivity index (χ4n) is 2.47. The van der Waals surface area contributed by atoms with Crippen LogP contribution >= 0.6 is 0 Å². The van der Waals surface area contributed by atoms with Gasteiger partial charge in [-0.25, -0.2) is 0 Å². The minimum atomic E-state index is 0.302. The number of aliphatic hydroxyl groups excluding tert-OH is 1. The molecule has 16 heavy (non-hydrogen) atoms. The van der Waals surface area contributed by atoms with Crippen LogP contribution in [0.2, 0.25) is 0 Å². The summed E-state index contributed by atoms with van der Waals surface area (Å²) >= 11 is 0. The summed E-state index contributed by atoms with van der Waals surface area (Å²) in [5.41, 5.74) is 0. The third-order valence-corrected chi connectivity index (χ3v) is 3.80. The molecule has 0 amide bonds. The Morgan fingerprint density at radius 1 is 1.25 bits per heavy atom. The highest BCUT2D eigenvalue weighted by Crippen LogP contribution is 2.16. The third kappa shape index (κ3) is 4.81. The molecule has 0 atom stereocenters. The summed E-state index contributed by atoms with van der Waals surface area (Å²) in [6.07, 6.45) is 5.04. The molecule has 0 aromatic carbocycles. The van der Waals surface area contributed by atoms with Crippen LogP contribution in [0.1, 0.15) is 39.5 Å². The predicted octanol–water partition coefficient (Wildman–Crippen LogP) is 1.47. The Balaban J connectivity index is 2.12. The molecule has 0 aromatic rings. The van der Waals surface area contributed by atoms with Crippen LogP contribution < -0.4 is 5.32 Å². The van der Waals surface area contributed by atoms with E-state index in [0.717, 1.165) is 25.6 Å². The number of piperidine rings is 1. The minimum Gasteiger partial charge on any atom is -0.395 e. The molecule has 1 fully saturated rings. The number of rotatable bonds is 7. The van der Waals surface area contributed by atoms with Gasteiger partial charge in [0.1, 0.15) is 0 Å². The molecule has 3 nitrogen and oxygen atoms in total. The number of nitrogens with zero attached hydrogens (tertiary/aromatic N) is 1. The lowest BCUT2D eigenvalue weighted by molar-refractivity contribution is 0.145. The fourth-order valence-corrected chi connectivity index (χ4v) is 2.47. The summed E-state index contributed by atoms with van der Waals surface area (Å²) in [5.74, 6) is 0.843. The lowest BCUT2D eigenvalue weighted by Gasteiger charge is -2.32. The standard InChI is InChI=1S/C13H28N2O/c1-3-13(4-2)14-11-12-5-7-15(8-6-12)9-10-16/h12-14,16H,3-11H2,1-2H3. The molecule has 1 heterocycles. The van der Waals surface area contributed by atoms with Crippen molar-refractivity contribution in [3.63, 3.8) is 0 Å². The zero-order valence-corrected chi connectivity index (χ0v) is 10.9. The summed E-state index contributed by atoms with van der Waals surface area (Å²) in [7, 11) is 0. The molecule has 3 heteroatoms. The molecule has 1 saturated heterocycles. The lowest BCUT2D eigenvalue weighted by Crippen LogP contribution is -2.40. The Kier molecular flexibility index (Phi) is 7.01. The zero-order chi connectivity index (χ0) is 11.8. The van der Waals surface area contributed by atoms with Gasteiger partial charge in [0.25, 0.3) is 0 Å². The van der Waals surface area contributed by atoms with Gasteiger partial charge in [-0.1, -0.05) is 13.8 Å². The zero-order valence-electron chi connectivity index (χ0n) is 10.9. The summed E-state index contributed by atoms with van der Waals surface area (Å²) in [5, 5.41) is 12.5. The number of hydrogen-bond acceptors (Lipinski definition) is 3. The fraction of sp³-hybridized carbons (Fsp3) is 1.00. The Morgan fingerprint density at radius 2 is 1.88 bits per heavy atom. The van der Waals surface area contributed by atoms with Crippen LogP contribution in [0.4, 0.5) is 0 Å². The van der Waals surface area contributed by atoms with Crippen molar-refractivity contribution in [2.75, 3.05) is 32.8 Å². The first-order valence-corrected chi connectivity index (χ1v) is 6.86. The van der Waals surface area contributed by atoms with Crippen LogP contribution in [0.15, 0.2) is 0 Å². The van der Waals surface area contributed by atoms with Crippen molar-refractivity contribution >= 4 is 0 Å². The summed E-state index contributed by atoms with van der Waals surface area (Å²) in [6, 6.07) is 0.704. The van der Waals surface area contributed by atoms with Crippen LogP contribution in [0.25, 0.3) is 0 Å². The Hall–Kier alpha value is -0.120. The van der Waals surface area contributed by atoms with Crippen molar-refractivity contribution in [1.29, 1.82) is 0 Å². The molecular formula is C13H28N2O. The van der Waals surface area contributed by atoms with Crippen molar-refractivity contribution in [3.8, 4) is 0 Å². The second-order valence-corrected chi connectivity index (χ2v) is 4.93. The average molecular weight is 228 g/mol. The van der Waals surface area contributed by atoms with Gasteiger partial charge < -0.3 is 15.3 Å². The highest BCUT2D eigenvalue weighted by Gasteiger charge is 2.18. The van der Waals surface area contributed by atoms with E-state index in [0.29, 0.717) is 12.6 Å². The van der Waals surface area contributed by atoms with Gasteiger partial charge in [0.2, 0.25) is 0 Å². The molecule has 96 valence electrons. The van der Waals surface area contributed by atoms with Crippen molar-refractivity contribution in [2.45, 2.75) is 45.6 Å². The topological polar surface area (TPSA) is 35.5 Å². The molecule has 0 saturated carbocycles. The second kappa shape index (κ2) is 8.04. The van der Waals surface area contributed by atoms with Crippen LogP contribution in [-0.2, 0) is 0 Å². The smallest absolute Gasteiger partial charge is 0.0558 e. The van der Waals surface area contributed by atoms with Crippen molar-refractivity contribution < 1.29 is 5.11 Å². The van der Waals surface area contributed by atoms with Crippen LogP contribution in [0.3, 0.4) is 0 Å². The van der Waals surface area contributed by atoms with Gasteiger partial charge >= 0.3 is 0 Å². The largest absolute Gasteiger partial charge is 0.395 e. The SMILES string of the molecule is CCC(CC)NCC1CCN(CCO)CC1. The molecule has 1 aliphatic rings. The van der Waals surface area contributed by atoms with Gasteiger partial charge in [-0.3, -0.25) is 0 Å². The molecule has 0 aromatic heterocycles. The van der Waals surface area contributed by atoms with E-state index in [1.54, 1.807) is 0 Å². The van der Waals surface area contributed by atoms with E-state index in [4.69, 9.17) is 5.11 Å². The van der Waals surface area contributed by atoms with Gasteiger partial charge in [-0.05, 0) is 51.2 Å². The maximum Gasteiger partial charge on any atom is 0.0558 e. The maximum absolute atomic E-state index is 8.87. The predicted molar refractivity (Wildman–Crippen MR) is 68.6 cm³/mol. The van der Waals surface area contributed by atoms with Crippen molar-refractivity contribution in [2.24, 2.45) is 5.92 Å². The normalized spacial score (nSPS) is 19.5. The first kappa shape index (κ1) is 13.9. The second-order valence-electron chi connectivity index (χ2n) is 4.93. The molecule has 1 aliphatic heterocycles. The summed E-state index contributed by atoms with van der Waals surface area (Å²) in [4.78, 5) is 2.37. The van der Waals surface area contributed by atoms with E-state index < -0.39 is 0 Å². The van der Waals surface area contributed by atoms with E-state index >= 15 is 0 Å². The molecule has 0 radical (unpaired) electrons. The highest BCUT2D eigenvalue weighted by atomic mass is 16.3. The maximum atomic E-state index is 8.87. The molecule has 0 aliphatic carbocycles. The Labute approximate surface area is 100 Å². The van der Waals surface area contributed by atoms with Crippen LogP contribution in [0, 0.1) is 5.92 Å². The third-order valence-electron chi connectivity index (χ3n) is 3.80. The Bertz CT molecular complexity index is 163. The number of hydrogen-bond donors (Lipinski definition) is 2. The molecule has 0 spiro atoms. The molecular weight excluding hydrogens is 200 g/mol. The van der Waals surface area contributed by atoms with Crippen LogP contribution in [0.5, 0.6) is 0 Å². The molecule has 0 unspecified atom stereocenters. The number of nitrogens with one attached hydrogen (secondary N) is 1. The molecule has 1 rings (SSSR count). The number of aliphatic hydroxyl groups is 1. The van der Waals surface area contributed by atoms with E-state index in [-0.39, 0.29) is 0 Å². The minimum absolute atomic E-state index is 0.302. The van der Waals surface area contributed by atoms with Gasteiger partial charge in [-0.15, -0.1) is 0 Å². The monoisotopic (exact) mass is 228 g/mol. The quantitative estimate of drug-likeness (QED) is 0.692. The van der Waals surface area contributed by atoms with Gasteiger partial charge in [0.05, 0.1) is 6.61 Å². The number of likely N-dealkylation sites (tertiary alicyclic amines) is 1. The van der Waals surface area contributed by atoms with E-state index in [2.05, 4.69) is 24.1 Å².